The van der Waals surface area contributed by atoms with Crippen LogP contribution in [0.1, 0.15) is 21.5 Å². The lowest BCUT2D eigenvalue weighted by Gasteiger charge is -2.13. The second-order valence-corrected chi connectivity index (χ2v) is 4.84. The van der Waals surface area contributed by atoms with Crippen molar-refractivity contribution in [1.82, 2.24) is 0 Å². The predicted molar refractivity (Wildman–Crippen MR) is 85.8 cm³/mol. The first-order valence-electron chi connectivity index (χ1n) is 6.82. The number of amides is 1. The minimum atomic E-state index is -0.136. The molecule has 0 aliphatic rings. The normalized spacial score (nSPS) is 10.2. The van der Waals surface area contributed by atoms with E-state index in [1.165, 1.54) is 0 Å². The van der Waals surface area contributed by atoms with E-state index in [4.69, 9.17) is 4.74 Å². The number of hydrogen-bond donors (Lipinski definition) is 2. The molecule has 0 fully saturated rings. The Balaban J connectivity index is 2.26. The van der Waals surface area contributed by atoms with E-state index in [1.54, 1.807) is 7.11 Å². The summed E-state index contributed by atoms with van der Waals surface area (Å²) in [6.07, 6.45) is 0. The first-order chi connectivity index (χ1) is 10.2. The van der Waals surface area contributed by atoms with Crippen molar-refractivity contribution in [2.45, 2.75) is 13.5 Å². The lowest BCUT2D eigenvalue weighted by atomic mass is 10.1. The molecule has 2 aromatic carbocycles. The topological polar surface area (TPSA) is 50.4 Å². The molecular formula is C17H20N2O2. The molecule has 4 heteroatoms. The second-order valence-electron chi connectivity index (χ2n) is 4.84. The lowest BCUT2D eigenvalue weighted by molar-refractivity contribution is 0.102. The van der Waals surface area contributed by atoms with Crippen LogP contribution in [0.3, 0.4) is 0 Å². The maximum atomic E-state index is 12.5. The summed E-state index contributed by atoms with van der Waals surface area (Å²) in [6.45, 7) is 2.46. The fraction of sp³-hybridized carbons (Fsp3) is 0.235. The third-order valence-corrected chi connectivity index (χ3v) is 3.25. The highest BCUT2D eigenvalue weighted by atomic mass is 16.5. The van der Waals surface area contributed by atoms with Crippen LogP contribution in [0.15, 0.2) is 42.5 Å². The molecule has 0 aliphatic heterocycles. The number of methoxy groups -OCH3 is 1. The van der Waals surface area contributed by atoms with Gasteiger partial charge in [-0.2, -0.15) is 0 Å². The molecule has 0 saturated heterocycles. The molecule has 0 saturated carbocycles. The number of hydrogen-bond acceptors (Lipinski definition) is 3. The quantitative estimate of drug-likeness (QED) is 0.884. The van der Waals surface area contributed by atoms with Gasteiger partial charge in [-0.15, -0.1) is 0 Å². The fourth-order valence-corrected chi connectivity index (χ4v) is 2.18. The van der Waals surface area contributed by atoms with Crippen molar-refractivity contribution in [3.63, 3.8) is 0 Å². The molecule has 0 atom stereocenters. The molecule has 0 radical (unpaired) electrons. The maximum absolute atomic E-state index is 12.5. The van der Waals surface area contributed by atoms with Gasteiger partial charge >= 0.3 is 0 Å². The van der Waals surface area contributed by atoms with Crippen molar-refractivity contribution in [3.8, 4) is 0 Å². The van der Waals surface area contributed by atoms with Gasteiger partial charge in [0, 0.05) is 31.1 Å². The molecule has 0 aliphatic carbocycles. The molecular weight excluding hydrogens is 264 g/mol. The van der Waals surface area contributed by atoms with E-state index in [0.717, 1.165) is 22.5 Å². The molecule has 0 bridgehead atoms. The van der Waals surface area contributed by atoms with Crippen LogP contribution in [0.25, 0.3) is 0 Å². The van der Waals surface area contributed by atoms with Gasteiger partial charge in [-0.05, 0) is 30.7 Å². The lowest BCUT2D eigenvalue weighted by Crippen LogP contribution is -2.15. The molecule has 4 nitrogen and oxygen atoms in total. The molecule has 21 heavy (non-hydrogen) atoms. The molecule has 1 amide bonds. The van der Waals surface area contributed by atoms with E-state index < -0.39 is 0 Å². The van der Waals surface area contributed by atoms with Gasteiger partial charge in [0.1, 0.15) is 0 Å². The highest BCUT2D eigenvalue weighted by Gasteiger charge is 2.12. The first kappa shape index (κ1) is 15.1. The summed E-state index contributed by atoms with van der Waals surface area (Å²) in [5, 5.41) is 6.00. The Morgan fingerprint density at radius 2 is 1.90 bits per heavy atom. The zero-order chi connectivity index (χ0) is 15.2. The number of carbonyl (C=O) groups excluding carboxylic acids is 1. The molecule has 0 spiro atoms. The minimum absolute atomic E-state index is 0.136. The van der Waals surface area contributed by atoms with Gasteiger partial charge in [-0.1, -0.05) is 24.3 Å². The third kappa shape index (κ3) is 3.61. The fourth-order valence-electron chi connectivity index (χ4n) is 2.18. The highest BCUT2D eigenvalue weighted by Crippen LogP contribution is 2.21. The summed E-state index contributed by atoms with van der Waals surface area (Å²) in [7, 11) is 3.45. The molecule has 2 N–H and O–H groups in total. The molecule has 0 aromatic heterocycles. The third-order valence-electron chi connectivity index (χ3n) is 3.25. The average molecular weight is 284 g/mol. The van der Waals surface area contributed by atoms with Crippen LogP contribution in [0.4, 0.5) is 11.4 Å². The zero-order valence-electron chi connectivity index (χ0n) is 12.6. The highest BCUT2D eigenvalue weighted by molar-refractivity contribution is 6.08. The number of para-hydroxylation sites is 1. The van der Waals surface area contributed by atoms with Gasteiger partial charge < -0.3 is 15.4 Å². The van der Waals surface area contributed by atoms with Gasteiger partial charge in [0.2, 0.25) is 0 Å². The van der Waals surface area contributed by atoms with Crippen molar-refractivity contribution in [1.29, 1.82) is 0 Å². The van der Waals surface area contributed by atoms with E-state index in [2.05, 4.69) is 10.6 Å². The van der Waals surface area contributed by atoms with Gasteiger partial charge in [-0.3, -0.25) is 4.79 Å². The molecule has 2 aromatic rings. The van der Waals surface area contributed by atoms with Gasteiger partial charge in [0.05, 0.1) is 12.2 Å². The van der Waals surface area contributed by atoms with Crippen molar-refractivity contribution in [3.05, 3.63) is 59.2 Å². The van der Waals surface area contributed by atoms with Gasteiger partial charge in [0.15, 0.2) is 0 Å². The summed E-state index contributed by atoms with van der Waals surface area (Å²) < 4.78 is 5.15. The van der Waals surface area contributed by atoms with E-state index in [0.29, 0.717) is 12.2 Å². The van der Waals surface area contributed by atoms with Crippen LogP contribution in [0.5, 0.6) is 0 Å². The minimum Gasteiger partial charge on any atom is -0.387 e. The predicted octanol–water partition coefficient (Wildman–Crippen LogP) is 3.44. The van der Waals surface area contributed by atoms with Crippen LogP contribution in [-0.4, -0.2) is 20.1 Å². The number of rotatable bonds is 5. The van der Waals surface area contributed by atoms with Crippen LogP contribution >= 0.6 is 0 Å². The summed E-state index contributed by atoms with van der Waals surface area (Å²) in [5.41, 5.74) is 4.26. The number of ether oxygens (including phenoxy) is 1. The van der Waals surface area contributed by atoms with E-state index >= 15 is 0 Å². The molecule has 110 valence electrons. The Hall–Kier alpha value is -2.33. The van der Waals surface area contributed by atoms with Crippen molar-refractivity contribution in [2.24, 2.45) is 0 Å². The summed E-state index contributed by atoms with van der Waals surface area (Å²) in [5.74, 6) is -0.136. The molecule has 2 rings (SSSR count). The zero-order valence-corrected chi connectivity index (χ0v) is 12.6. The average Bonchev–Trinajstić information content (AvgIpc) is 2.49. The number of aryl methyl sites for hydroxylation is 1. The van der Waals surface area contributed by atoms with Crippen molar-refractivity contribution in [2.75, 3.05) is 24.8 Å². The Labute approximate surface area is 125 Å². The Morgan fingerprint density at radius 3 is 2.62 bits per heavy atom. The largest absolute Gasteiger partial charge is 0.387 e. The first-order valence-corrected chi connectivity index (χ1v) is 6.82. The monoisotopic (exact) mass is 284 g/mol. The Kier molecular flexibility index (Phi) is 4.95. The van der Waals surface area contributed by atoms with E-state index in [9.17, 15) is 4.79 Å². The van der Waals surface area contributed by atoms with Crippen LogP contribution in [-0.2, 0) is 11.3 Å². The standard InChI is InChI=1S/C17H20N2O2/c1-12-8-9-14(16(10-12)18-2)17(20)19-15-7-5-4-6-13(15)11-21-3/h4-10,18H,11H2,1-3H3,(H,19,20). The van der Waals surface area contributed by atoms with Crippen molar-refractivity contribution < 1.29 is 9.53 Å². The summed E-state index contributed by atoms with van der Waals surface area (Å²) in [6, 6.07) is 13.3. The van der Waals surface area contributed by atoms with Crippen LogP contribution in [0, 0.1) is 6.92 Å². The summed E-state index contributed by atoms with van der Waals surface area (Å²) in [4.78, 5) is 12.5. The van der Waals surface area contributed by atoms with Gasteiger partial charge in [0.25, 0.3) is 5.91 Å². The number of benzene rings is 2. The number of nitrogens with one attached hydrogen (secondary N) is 2. The smallest absolute Gasteiger partial charge is 0.257 e. The second kappa shape index (κ2) is 6.90. The molecule has 0 unspecified atom stereocenters. The van der Waals surface area contributed by atoms with Crippen molar-refractivity contribution >= 4 is 17.3 Å². The SMILES string of the molecule is CNc1cc(C)ccc1C(=O)Nc1ccccc1COC. The van der Waals surface area contributed by atoms with E-state index in [1.807, 2.05) is 56.4 Å². The van der Waals surface area contributed by atoms with Crippen LogP contribution < -0.4 is 10.6 Å². The van der Waals surface area contributed by atoms with Crippen LogP contribution in [0.2, 0.25) is 0 Å². The Bertz CT molecular complexity index is 638. The summed E-state index contributed by atoms with van der Waals surface area (Å²) >= 11 is 0. The molecule has 0 heterocycles. The maximum Gasteiger partial charge on any atom is 0.257 e. The number of carbonyl (C=O) groups is 1. The van der Waals surface area contributed by atoms with Gasteiger partial charge in [-0.25, -0.2) is 0 Å². The number of anilines is 2. The van der Waals surface area contributed by atoms with E-state index in [-0.39, 0.29) is 5.91 Å². The Morgan fingerprint density at radius 1 is 1.14 bits per heavy atom.